The van der Waals surface area contributed by atoms with Crippen LogP contribution in [0, 0.1) is 0 Å². The molecule has 0 aliphatic heterocycles. The van der Waals surface area contributed by atoms with Gasteiger partial charge in [0.2, 0.25) is 0 Å². The molecule has 0 saturated heterocycles. The standard InChI is InChI=1S/C18H17N3O/c1-2-14-10-12-4-3-5-16(13-8-9-19-20-11-13)17(12)18(22)21(14)15-6-7-15/h3-5,8-11,15H,2,6-7H2,1H3. The lowest BCUT2D eigenvalue weighted by Crippen LogP contribution is -2.23. The predicted octanol–water partition coefficient (Wildman–Crippen LogP) is 3.36. The van der Waals surface area contributed by atoms with Crippen molar-refractivity contribution in [3.8, 4) is 11.1 Å². The van der Waals surface area contributed by atoms with E-state index in [0.29, 0.717) is 6.04 Å². The summed E-state index contributed by atoms with van der Waals surface area (Å²) in [7, 11) is 0. The van der Waals surface area contributed by atoms with Crippen LogP contribution in [0.3, 0.4) is 0 Å². The minimum Gasteiger partial charge on any atom is -0.309 e. The van der Waals surface area contributed by atoms with Gasteiger partial charge in [-0.1, -0.05) is 25.1 Å². The molecule has 1 fully saturated rings. The zero-order valence-electron chi connectivity index (χ0n) is 12.5. The molecule has 4 rings (SSSR count). The molecule has 2 aromatic heterocycles. The van der Waals surface area contributed by atoms with Crippen molar-refractivity contribution in [1.29, 1.82) is 0 Å². The van der Waals surface area contributed by atoms with Crippen molar-refractivity contribution in [3.63, 3.8) is 0 Å². The fourth-order valence-electron chi connectivity index (χ4n) is 3.13. The number of rotatable bonds is 3. The smallest absolute Gasteiger partial charge is 0.259 e. The van der Waals surface area contributed by atoms with Gasteiger partial charge in [0.05, 0.1) is 17.8 Å². The van der Waals surface area contributed by atoms with Crippen LogP contribution in [-0.4, -0.2) is 14.8 Å². The third-order valence-electron chi connectivity index (χ3n) is 4.33. The average molecular weight is 291 g/mol. The van der Waals surface area contributed by atoms with Crippen LogP contribution in [0.15, 0.2) is 47.5 Å². The molecule has 0 radical (unpaired) electrons. The lowest BCUT2D eigenvalue weighted by Gasteiger charge is -2.14. The lowest BCUT2D eigenvalue weighted by molar-refractivity contribution is 0.670. The van der Waals surface area contributed by atoms with Gasteiger partial charge in [-0.15, -0.1) is 0 Å². The van der Waals surface area contributed by atoms with Crippen molar-refractivity contribution in [2.75, 3.05) is 0 Å². The van der Waals surface area contributed by atoms with E-state index in [0.717, 1.165) is 46.9 Å². The number of pyridine rings is 1. The Morgan fingerprint density at radius 2 is 2.09 bits per heavy atom. The summed E-state index contributed by atoms with van der Waals surface area (Å²) < 4.78 is 2.00. The summed E-state index contributed by atoms with van der Waals surface area (Å²) in [5, 5.41) is 9.56. The monoisotopic (exact) mass is 291 g/mol. The highest BCUT2D eigenvalue weighted by molar-refractivity contribution is 5.96. The molecule has 22 heavy (non-hydrogen) atoms. The quantitative estimate of drug-likeness (QED) is 0.743. The Bertz CT molecular complexity index is 895. The highest BCUT2D eigenvalue weighted by atomic mass is 16.1. The molecule has 110 valence electrons. The molecule has 0 amide bonds. The van der Waals surface area contributed by atoms with E-state index in [-0.39, 0.29) is 5.56 Å². The molecule has 0 atom stereocenters. The van der Waals surface area contributed by atoms with Crippen molar-refractivity contribution in [2.24, 2.45) is 0 Å². The minimum atomic E-state index is 0.129. The van der Waals surface area contributed by atoms with Crippen LogP contribution < -0.4 is 5.56 Å². The van der Waals surface area contributed by atoms with Crippen LogP contribution in [0.2, 0.25) is 0 Å². The summed E-state index contributed by atoms with van der Waals surface area (Å²) in [6.07, 6.45) is 6.47. The molecule has 0 N–H and O–H groups in total. The summed E-state index contributed by atoms with van der Waals surface area (Å²) in [5.41, 5.74) is 3.13. The fourth-order valence-corrected chi connectivity index (χ4v) is 3.13. The third kappa shape index (κ3) is 2.03. The Morgan fingerprint density at radius 3 is 2.77 bits per heavy atom. The first-order valence-electron chi connectivity index (χ1n) is 7.74. The van der Waals surface area contributed by atoms with Gasteiger partial charge in [-0.3, -0.25) is 4.79 Å². The molecule has 1 aromatic carbocycles. The van der Waals surface area contributed by atoms with Gasteiger partial charge in [0, 0.05) is 17.3 Å². The van der Waals surface area contributed by atoms with Crippen molar-refractivity contribution >= 4 is 10.8 Å². The summed E-state index contributed by atoms with van der Waals surface area (Å²) >= 11 is 0. The molecule has 4 heteroatoms. The van der Waals surface area contributed by atoms with Crippen LogP contribution in [-0.2, 0) is 6.42 Å². The first-order valence-corrected chi connectivity index (χ1v) is 7.74. The van der Waals surface area contributed by atoms with E-state index in [9.17, 15) is 4.79 Å². The first kappa shape index (κ1) is 13.2. The van der Waals surface area contributed by atoms with Gasteiger partial charge in [0.15, 0.2) is 0 Å². The first-order chi connectivity index (χ1) is 10.8. The molecule has 1 aliphatic carbocycles. The number of hydrogen-bond acceptors (Lipinski definition) is 3. The van der Waals surface area contributed by atoms with E-state index < -0.39 is 0 Å². The number of aromatic nitrogens is 3. The van der Waals surface area contributed by atoms with Crippen LogP contribution in [0.25, 0.3) is 21.9 Å². The molecule has 4 nitrogen and oxygen atoms in total. The Hall–Kier alpha value is -2.49. The Kier molecular flexibility index (Phi) is 3.03. The fraction of sp³-hybridized carbons (Fsp3) is 0.278. The normalized spacial score (nSPS) is 14.4. The molecule has 0 spiro atoms. The van der Waals surface area contributed by atoms with Gasteiger partial charge >= 0.3 is 0 Å². The second-order valence-corrected chi connectivity index (χ2v) is 5.80. The maximum atomic E-state index is 13.1. The van der Waals surface area contributed by atoms with Gasteiger partial charge < -0.3 is 4.57 Å². The molecular weight excluding hydrogens is 274 g/mol. The van der Waals surface area contributed by atoms with Crippen molar-refractivity contribution < 1.29 is 0 Å². The van der Waals surface area contributed by atoms with Crippen molar-refractivity contribution in [2.45, 2.75) is 32.2 Å². The molecule has 1 saturated carbocycles. The van der Waals surface area contributed by atoms with Crippen molar-refractivity contribution in [3.05, 3.63) is 58.8 Å². The van der Waals surface area contributed by atoms with E-state index in [1.54, 1.807) is 12.4 Å². The topological polar surface area (TPSA) is 47.8 Å². The number of benzene rings is 1. The molecule has 3 aromatic rings. The second-order valence-electron chi connectivity index (χ2n) is 5.80. The summed E-state index contributed by atoms with van der Waals surface area (Å²) in [4.78, 5) is 13.1. The van der Waals surface area contributed by atoms with E-state index >= 15 is 0 Å². The van der Waals surface area contributed by atoms with E-state index in [4.69, 9.17) is 0 Å². The van der Waals surface area contributed by atoms with Gasteiger partial charge in [0.25, 0.3) is 5.56 Å². The van der Waals surface area contributed by atoms with Crippen LogP contribution in [0.5, 0.6) is 0 Å². The highest BCUT2D eigenvalue weighted by Gasteiger charge is 2.27. The van der Waals surface area contributed by atoms with E-state index in [1.165, 1.54) is 0 Å². The van der Waals surface area contributed by atoms with Crippen molar-refractivity contribution in [1.82, 2.24) is 14.8 Å². The Balaban J connectivity index is 2.08. The van der Waals surface area contributed by atoms with E-state index in [1.807, 2.05) is 28.8 Å². The Morgan fingerprint density at radius 1 is 1.23 bits per heavy atom. The number of aryl methyl sites for hydroxylation is 1. The number of hydrogen-bond donors (Lipinski definition) is 0. The largest absolute Gasteiger partial charge is 0.309 e. The van der Waals surface area contributed by atoms with Gasteiger partial charge in [-0.2, -0.15) is 10.2 Å². The van der Waals surface area contributed by atoms with Gasteiger partial charge in [-0.25, -0.2) is 0 Å². The zero-order chi connectivity index (χ0) is 15.1. The minimum absolute atomic E-state index is 0.129. The highest BCUT2D eigenvalue weighted by Crippen LogP contribution is 2.36. The summed E-state index contributed by atoms with van der Waals surface area (Å²) in [6.45, 7) is 2.11. The van der Waals surface area contributed by atoms with Crippen LogP contribution in [0.1, 0.15) is 31.5 Å². The molecular formula is C18H17N3O. The summed E-state index contributed by atoms with van der Waals surface area (Å²) in [6, 6.07) is 10.5. The zero-order valence-corrected chi connectivity index (χ0v) is 12.5. The molecule has 0 bridgehead atoms. The summed E-state index contributed by atoms with van der Waals surface area (Å²) in [5.74, 6) is 0. The maximum absolute atomic E-state index is 13.1. The molecule has 1 aliphatic rings. The molecule has 2 heterocycles. The molecule has 0 unspecified atom stereocenters. The van der Waals surface area contributed by atoms with E-state index in [2.05, 4.69) is 23.2 Å². The average Bonchev–Trinajstić information content (AvgIpc) is 3.39. The van der Waals surface area contributed by atoms with Gasteiger partial charge in [0.1, 0.15) is 0 Å². The number of nitrogens with zero attached hydrogens (tertiary/aromatic N) is 3. The third-order valence-corrected chi connectivity index (χ3v) is 4.33. The predicted molar refractivity (Wildman–Crippen MR) is 86.9 cm³/mol. The number of fused-ring (bicyclic) bond motifs is 1. The second kappa shape index (κ2) is 5.05. The lowest BCUT2D eigenvalue weighted by atomic mass is 10.00. The maximum Gasteiger partial charge on any atom is 0.259 e. The van der Waals surface area contributed by atoms with Crippen LogP contribution >= 0.6 is 0 Å². The van der Waals surface area contributed by atoms with Crippen LogP contribution in [0.4, 0.5) is 0 Å². The van der Waals surface area contributed by atoms with Gasteiger partial charge in [-0.05, 0) is 42.3 Å². The SMILES string of the molecule is CCc1cc2cccc(-c3ccnnc3)c2c(=O)n1C1CC1. The Labute approximate surface area is 128 Å².